The molecular weight excluding hydrogens is 236 g/mol. The van der Waals surface area contributed by atoms with Gasteiger partial charge in [-0.15, -0.1) is 22.7 Å². The fraction of sp³-hybridized carbons (Fsp3) is 0.417. The summed E-state index contributed by atoms with van der Waals surface area (Å²) in [6.07, 6.45) is 3.03. The Morgan fingerprint density at radius 1 is 1.44 bits per heavy atom. The topological polar surface area (TPSA) is 38.9 Å². The highest BCUT2D eigenvalue weighted by molar-refractivity contribution is 7.10. The van der Waals surface area contributed by atoms with Crippen molar-refractivity contribution in [3.63, 3.8) is 0 Å². The van der Waals surface area contributed by atoms with Crippen LogP contribution in [0.2, 0.25) is 0 Å². The lowest BCUT2D eigenvalue weighted by Gasteiger charge is -2.08. The second-order valence-electron chi connectivity index (χ2n) is 3.96. The third-order valence-electron chi connectivity index (χ3n) is 2.45. The van der Waals surface area contributed by atoms with E-state index in [-0.39, 0.29) is 6.04 Å². The van der Waals surface area contributed by atoms with Crippen LogP contribution in [0, 0.1) is 6.92 Å². The predicted octanol–water partition coefficient (Wildman–Crippen LogP) is 3.02. The monoisotopic (exact) mass is 252 g/mol. The number of aromatic nitrogens is 1. The second kappa shape index (κ2) is 5.57. The predicted molar refractivity (Wildman–Crippen MR) is 71.2 cm³/mol. The summed E-state index contributed by atoms with van der Waals surface area (Å²) in [6.45, 7) is 2.02. The zero-order valence-corrected chi connectivity index (χ0v) is 11.0. The Kier molecular flexibility index (Phi) is 4.09. The number of nitrogens with two attached hydrogens (primary N) is 1. The van der Waals surface area contributed by atoms with Crippen molar-refractivity contribution in [3.05, 3.63) is 38.5 Å². The summed E-state index contributed by atoms with van der Waals surface area (Å²) in [5.41, 5.74) is 7.21. The SMILES string of the molecule is Cc1csc(CC(N)CCc2cccs2)n1. The van der Waals surface area contributed by atoms with Crippen molar-refractivity contribution in [2.24, 2.45) is 5.73 Å². The van der Waals surface area contributed by atoms with E-state index in [1.807, 2.05) is 6.92 Å². The highest BCUT2D eigenvalue weighted by Crippen LogP contribution is 2.15. The van der Waals surface area contributed by atoms with E-state index >= 15 is 0 Å². The molecular formula is C12H16N2S2. The molecule has 16 heavy (non-hydrogen) atoms. The first-order valence-corrected chi connectivity index (χ1v) is 7.19. The van der Waals surface area contributed by atoms with Gasteiger partial charge < -0.3 is 5.73 Å². The third kappa shape index (κ3) is 3.40. The maximum Gasteiger partial charge on any atom is 0.0943 e. The highest BCUT2D eigenvalue weighted by Gasteiger charge is 2.07. The van der Waals surface area contributed by atoms with Crippen LogP contribution in [0.25, 0.3) is 0 Å². The van der Waals surface area contributed by atoms with Gasteiger partial charge in [-0.1, -0.05) is 6.07 Å². The molecule has 2 N–H and O–H groups in total. The number of thiophene rings is 1. The molecule has 2 aromatic heterocycles. The van der Waals surface area contributed by atoms with Crippen LogP contribution in [-0.2, 0) is 12.8 Å². The number of thiazole rings is 1. The van der Waals surface area contributed by atoms with Crippen molar-refractivity contribution in [1.82, 2.24) is 4.98 Å². The first-order valence-electron chi connectivity index (χ1n) is 5.43. The summed E-state index contributed by atoms with van der Waals surface area (Å²) in [6, 6.07) is 4.49. The highest BCUT2D eigenvalue weighted by atomic mass is 32.1. The van der Waals surface area contributed by atoms with E-state index in [1.165, 1.54) is 4.88 Å². The Morgan fingerprint density at radius 3 is 2.94 bits per heavy atom. The van der Waals surface area contributed by atoms with Gasteiger partial charge in [-0.25, -0.2) is 4.98 Å². The fourth-order valence-corrected chi connectivity index (χ4v) is 3.20. The molecule has 2 aromatic rings. The van der Waals surface area contributed by atoms with E-state index in [0.717, 1.165) is 30.0 Å². The largest absolute Gasteiger partial charge is 0.327 e. The second-order valence-corrected chi connectivity index (χ2v) is 5.94. The van der Waals surface area contributed by atoms with Crippen LogP contribution in [0.4, 0.5) is 0 Å². The van der Waals surface area contributed by atoms with Gasteiger partial charge >= 0.3 is 0 Å². The minimum atomic E-state index is 0.229. The fourth-order valence-electron chi connectivity index (χ4n) is 1.61. The molecule has 0 fully saturated rings. The molecule has 0 aliphatic carbocycles. The van der Waals surface area contributed by atoms with Crippen molar-refractivity contribution >= 4 is 22.7 Å². The summed E-state index contributed by atoms with van der Waals surface area (Å²) in [4.78, 5) is 5.86. The van der Waals surface area contributed by atoms with Crippen molar-refractivity contribution < 1.29 is 0 Å². The molecule has 0 radical (unpaired) electrons. The summed E-state index contributed by atoms with van der Waals surface area (Å²) in [7, 11) is 0. The maximum absolute atomic E-state index is 6.10. The maximum atomic E-state index is 6.10. The first kappa shape index (κ1) is 11.8. The van der Waals surface area contributed by atoms with Crippen LogP contribution in [0.5, 0.6) is 0 Å². The zero-order valence-electron chi connectivity index (χ0n) is 9.35. The number of nitrogens with zero attached hydrogens (tertiary/aromatic N) is 1. The smallest absolute Gasteiger partial charge is 0.0943 e. The normalized spacial score (nSPS) is 12.9. The third-order valence-corrected chi connectivity index (χ3v) is 4.37. The summed E-state index contributed by atoms with van der Waals surface area (Å²) >= 11 is 3.52. The lowest BCUT2D eigenvalue weighted by Crippen LogP contribution is -2.23. The van der Waals surface area contributed by atoms with Crippen molar-refractivity contribution in [2.45, 2.75) is 32.2 Å². The number of hydrogen-bond acceptors (Lipinski definition) is 4. The van der Waals surface area contributed by atoms with E-state index in [4.69, 9.17) is 5.73 Å². The van der Waals surface area contributed by atoms with Gasteiger partial charge in [-0.3, -0.25) is 0 Å². The molecule has 0 saturated carbocycles. The standard InChI is InChI=1S/C12H16N2S2/c1-9-8-16-12(14-9)7-10(13)4-5-11-3-2-6-15-11/h2-3,6,8,10H,4-5,7,13H2,1H3. The Hall–Kier alpha value is -0.710. The number of aryl methyl sites for hydroxylation is 2. The Balaban J connectivity index is 1.78. The first-order chi connectivity index (χ1) is 7.74. The van der Waals surface area contributed by atoms with E-state index in [2.05, 4.69) is 27.9 Å². The van der Waals surface area contributed by atoms with Crippen LogP contribution in [0.1, 0.15) is 22.0 Å². The van der Waals surface area contributed by atoms with Gasteiger partial charge in [0.1, 0.15) is 0 Å². The molecule has 2 heterocycles. The summed E-state index contributed by atoms with van der Waals surface area (Å²) in [5.74, 6) is 0. The van der Waals surface area contributed by atoms with Crippen LogP contribution >= 0.6 is 22.7 Å². The Labute approximate surface area is 104 Å². The Morgan fingerprint density at radius 2 is 2.31 bits per heavy atom. The van der Waals surface area contributed by atoms with Gasteiger partial charge in [0.05, 0.1) is 5.01 Å². The van der Waals surface area contributed by atoms with Crippen LogP contribution < -0.4 is 5.73 Å². The molecule has 0 bridgehead atoms. The van der Waals surface area contributed by atoms with E-state index in [9.17, 15) is 0 Å². The minimum Gasteiger partial charge on any atom is -0.327 e. The van der Waals surface area contributed by atoms with Crippen molar-refractivity contribution in [1.29, 1.82) is 0 Å². The van der Waals surface area contributed by atoms with E-state index in [0.29, 0.717) is 0 Å². The van der Waals surface area contributed by atoms with Crippen LogP contribution in [0.3, 0.4) is 0 Å². The van der Waals surface area contributed by atoms with Gasteiger partial charge in [0, 0.05) is 28.4 Å². The zero-order chi connectivity index (χ0) is 11.4. The summed E-state index contributed by atoms with van der Waals surface area (Å²) in [5, 5.41) is 5.36. The molecule has 2 nitrogen and oxygen atoms in total. The van der Waals surface area contributed by atoms with Gasteiger partial charge in [-0.05, 0) is 31.2 Å². The van der Waals surface area contributed by atoms with Gasteiger partial charge in [0.15, 0.2) is 0 Å². The molecule has 0 spiro atoms. The van der Waals surface area contributed by atoms with Gasteiger partial charge in [-0.2, -0.15) is 0 Å². The van der Waals surface area contributed by atoms with E-state index in [1.54, 1.807) is 22.7 Å². The Bertz CT molecular complexity index is 420. The molecule has 2 rings (SSSR count). The number of rotatable bonds is 5. The molecule has 1 atom stereocenters. The molecule has 0 aromatic carbocycles. The van der Waals surface area contributed by atoms with E-state index < -0.39 is 0 Å². The van der Waals surface area contributed by atoms with Gasteiger partial charge in [0.25, 0.3) is 0 Å². The number of hydrogen-bond donors (Lipinski definition) is 1. The van der Waals surface area contributed by atoms with Crippen LogP contribution in [0.15, 0.2) is 22.9 Å². The summed E-state index contributed by atoms with van der Waals surface area (Å²) < 4.78 is 0. The molecule has 0 aliphatic rings. The molecule has 86 valence electrons. The lowest BCUT2D eigenvalue weighted by atomic mass is 10.1. The average Bonchev–Trinajstić information content (AvgIpc) is 2.87. The van der Waals surface area contributed by atoms with Gasteiger partial charge in [0.2, 0.25) is 0 Å². The van der Waals surface area contributed by atoms with Crippen LogP contribution in [-0.4, -0.2) is 11.0 Å². The molecule has 1 unspecified atom stereocenters. The van der Waals surface area contributed by atoms with Crippen molar-refractivity contribution in [2.75, 3.05) is 0 Å². The quantitative estimate of drug-likeness (QED) is 0.888. The molecule has 0 saturated heterocycles. The molecule has 4 heteroatoms. The lowest BCUT2D eigenvalue weighted by molar-refractivity contribution is 0.611. The average molecular weight is 252 g/mol. The minimum absolute atomic E-state index is 0.229. The van der Waals surface area contributed by atoms with Crippen molar-refractivity contribution in [3.8, 4) is 0 Å². The molecule has 0 aliphatic heterocycles. The molecule has 0 amide bonds.